The molecule has 1 N–H and O–H groups in total. The Balaban J connectivity index is 1.85. The summed E-state index contributed by atoms with van der Waals surface area (Å²) >= 11 is 6.13. The van der Waals surface area contributed by atoms with Crippen molar-refractivity contribution >= 4 is 28.9 Å². The number of nitrogens with one attached hydrogen (secondary N) is 1. The predicted molar refractivity (Wildman–Crippen MR) is 111 cm³/mol. The maximum Gasteiger partial charge on any atom is 0.271 e. The molecule has 29 heavy (non-hydrogen) atoms. The Morgan fingerprint density at radius 3 is 2.52 bits per heavy atom. The first-order valence-electron chi connectivity index (χ1n) is 8.90. The molecular weight excluding hydrogens is 394 g/mol. The summed E-state index contributed by atoms with van der Waals surface area (Å²) in [5, 5.41) is 13.8. The summed E-state index contributed by atoms with van der Waals surface area (Å²) in [6.45, 7) is 2.29. The van der Waals surface area contributed by atoms with Crippen LogP contribution in [0.15, 0.2) is 65.1 Å². The van der Waals surface area contributed by atoms with Crippen LogP contribution < -0.4 is 5.32 Å². The van der Waals surface area contributed by atoms with E-state index >= 15 is 0 Å². The fraction of sp³-hybridized carbons (Fsp3) is 0.190. The minimum atomic E-state index is -0.618. The smallest absolute Gasteiger partial charge is 0.271 e. The van der Waals surface area contributed by atoms with Crippen LogP contribution in [0.2, 0.25) is 5.02 Å². The van der Waals surface area contributed by atoms with E-state index in [9.17, 15) is 14.9 Å². The lowest BCUT2D eigenvalue weighted by Gasteiger charge is -2.27. The van der Waals surface area contributed by atoms with Gasteiger partial charge in [0.1, 0.15) is 17.6 Å². The van der Waals surface area contributed by atoms with Gasteiger partial charge in [-0.2, -0.15) is 0 Å². The molecule has 0 aliphatic rings. The van der Waals surface area contributed by atoms with Gasteiger partial charge < -0.3 is 9.73 Å². The Labute approximate surface area is 173 Å². The Morgan fingerprint density at radius 2 is 1.93 bits per heavy atom. The lowest BCUT2D eigenvalue weighted by molar-refractivity contribution is -0.384. The maximum atomic E-state index is 13.1. The molecule has 3 aromatic rings. The van der Waals surface area contributed by atoms with Gasteiger partial charge in [-0.25, -0.2) is 0 Å². The molecule has 1 heterocycles. The number of rotatable bonds is 7. The van der Waals surface area contributed by atoms with Crippen molar-refractivity contribution in [2.24, 2.45) is 0 Å². The third-order valence-electron chi connectivity index (χ3n) is 4.43. The molecule has 1 amide bonds. The SMILES string of the molecule is Cc1ccc(CN(C)[C@H](C(=O)Nc2ccc([N+](=O)[O-])cc2Cl)c2ccccc2)o1. The van der Waals surface area contributed by atoms with Gasteiger partial charge in [-0.05, 0) is 37.7 Å². The van der Waals surface area contributed by atoms with Crippen LogP contribution >= 0.6 is 11.6 Å². The second kappa shape index (κ2) is 8.89. The van der Waals surface area contributed by atoms with Crippen LogP contribution in [0.1, 0.15) is 23.1 Å². The van der Waals surface area contributed by atoms with Crippen LogP contribution in [0.5, 0.6) is 0 Å². The summed E-state index contributed by atoms with van der Waals surface area (Å²) < 4.78 is 5.63. The van der Waals surface area contributed by atoms with Crippen molar-refractivity contribution in [3.8, 4) is 0 Å². The van der Waals surface area contributed by atoms with Gasteiger partial charge in [-0.3, -0.25) is 19.8 Å². The summed E-state index contributed by atoms with van der Waals surface area (Å²) in [5.41, 5.74) is 0.970. The Kier molecular flexibility index (Phi) is 6.31. The lowest BCUT2D eigenvalue weighted by atomic mass is 10.0. The van der Waals surface area contributed by atoms with Gasteiger partial charge >= 0.3 is 0 Å². The average molecular weight is 414 g/mol. The van der Waals surface area contributed by atoms with Crippen LogP contribution in [0, 0.1) is 17.0 Å². The molecule has 0 radical (unpaired) electrons. The highest BCUT2D eigenvalue weighted by molar-refractivity contribution is 6.34. The summed E-state index contributed by atoms with van der Waals surface area (Å²) in [4.78, 5) is 25.4. The number of non-ortho nitro benzene ring substituents is 1. The van der Waals surface area contributed by atoms with Crippen LogP contribution in [0.4, 0.5) is 11.4 Å². The van der Waals surface area contributed by atoms with E-state index < -0.39 is 11.0 Å². The van der Waals surface area contributed by atoms with Crippen molar-refractivity contribution in [3.63, 3.8) is 0 Å². The first kappa shape index (κ1) is 20.6. The molecule has 8 heteroatoms. The highest BCUT2D eigenvalue weighted by atomic mass is 35.5. The van der Waals surface area contributed by atoms with Gasteiger partial charge in [0.15, 0.2) is 0 Å². The van der Waals surface area contributed by atoms with E-state index in [-0.39, 0.29) is 16.6 Å². The number of likely N-dealkylation sites (N-methyl/N-ethyl adjacent to an activating group) is 1. The molecule has 0 fully saturated rings. The second-order valence-electron chi connectivity index (χ2n) is 6.65. The van der Waals surface area contributed by atoms with Crippen molar-refractivity contribution in [2.45, 2.75) is 19.5 Å². The number of aryl methyl sites for hydroxylation is 1. The van der Waals surface area contributed by atoms with Crippen LogP contribution in [0.3, 0.4) is 0 Å². The van der Waals surface area contributed by atoms with Gasteiger partial charge in [0.2, 0.25) is 5.91 Å². The van der Waals surface area contributed by atoms with Crippen molar-refractivity contribution in [2.75, 3.05) is 12.4 Å². The summed E-state index contributed by atoms with van der Waals surface area (Å²) in [7, 11) is 1.83. The van der Waals surface area contributed by atoms with Crippen molar-refractivity contribution in [1.29, 1.82) is 0 Å². The highest BCUT2D eigenvalue weighted by Gasteiger charge is 2.26. The second-order valence-corrected chi connectivity index (χ2v) is 7.06. The van der Waals surface area contributed by atoms with Gasteiger partial charge in [0.05, 0.1) is 22.2 Å². The van der Waals surface area contributed by atoms with Gasteiger partial charge in [-0.15, -0.1) is 0 Å². The number of hydrogen-bond donors (Lipinski definition) is 1. The molecule has 1 aromatic heterocycles. The standard InChI is InChI=1S/C21H20ClN3O4/c1-14-8-10-17(29-14)13-24(2)20(15-6-4-3-5-7-15)21(26)23-19-11-9-16(25(27)28)12-18(19)22/h3-12,20H,13H2,1-2H3,(H,23,26)/t20-/m0/s1. The number of amides is 1. The Morgan fingerprint density at radius 1 is 1.21 bits per heavy atom. The molecule has 7 nitrogen and oxygen atoms in total. The molecule has 0 aliphatic carbocycles. The van der Waals surface area contributed by atoms with E-state index in [1.54, 1.807) is 0 Å². The van der Waals surface area contributed by atoms with E-state index in [2.05, 4.69) is 5.32 Å². The van der Waals surface area contributed by atoms with E-state index in [0.717, 1.165) is 17.1 Å². The molecule has 1 atom stereocenters. The van der Waals surface area contributed by atoms with Crippen LogP contribution in [0.25, 0.3) is 0 Å². The van der Waals surface area contributed by atoms with Gasteiger partial charge in [0, 0.05) is 12.1 Å². The van der Waals surface area contributed by atoms with E-state index in [0.29, 0.717) is 12.2 Å². The number of nitrogens with zero attached hydrogens (tertiary/aromatic N) is 2. The minimum Gasteiger partial charge on any atom is -0.465 e. The normalized spacial score (nSPS) is 12.0. The number of carbonyl (C=O) groups excluding carboxylic acids is 1. The third-order valence-corrected chi connectivity index (χ3v) is 4.74. The van der Waals surface area contributed by atoms with Crippen LogP contribution in [-0.2, 0) is 11.3 Å². The van der Waals surface area contributed by atoms with E-state index in [1.807, 2.05) is 61.3 Å². The van der Waals surface area contributed by atoms with Gasteiger partial charge in [0.25, 0.3) is 5.69 Å². The molecule has 2 aromatic carbocycles. The third kappa shape index (κ3) is 5.01. The number of hydrogen-bond acceptors (Lipinski definition) is 5. The zero-order chi connectivity index (χ0) is 21.0. The largest absolute Gasteiger partial charge is 0.465 e. The molecule has 3 rings (SSSR count). The molecule has 0 unspecified atom stereocenters. The monoisotopic (exact) mass is 413 g/mol. The van der Waals surface area contributed by atoms with E-state index in [1.165, 1.54) is 18.2 Å². The fourth-order valence-electron chi connectivity index (χ4n) is 3.07. The summed E-state index contributed by atoms with van der Waals surface area (Å²) in [6.07, 6.45) is 0. The molecule has 150 valence electrons. The predicted octanol–water partition coefficient (Wildman–Crippen LogP) is 4.96. The number of benzene rings is 2. The molecule has 0 bridgehead atoms. The van der Waals surface area contributed by atoms with Gasteiger partial charge in [-0.1, -0.05) is 41.9 Å². The van der Waals surface area contributed by atoms with Crippen LogP contribution in [-0.4, -0.2) is 22.8 Å². The first-order valence-corrected chi connectivity index (χ1v) is 9.28. The van der Waals surface area contributed by atoms with Crippen molar-refractivity contribution in [3.05, 3.63) is 92.9 Å². The molecule has 0 saturated carbocycles. The zero-order valence-electron chi connectivity index (χ0n) is 16.0. The number of carbonyl (C=O) groups is 1. The quantitative estimate of drug-likeness (QED) is 0.436. The average Bonchev–Trinajstić information content (AvgIpc) is 3.09. The molecule has 0 spiro atoms. The number of furan rings is 1. The van der Waals surface area contributed by atoms with E-state index in [4.69, 9.17) is 16.0 Å². The lowest BCUT2D eigenvalue weighted by Crippen LogP contribution is -2.34. The number of nitro groups is 1. The highest BCUT2D eigenvalue weighted by Crippen LogP contribution is 2.29. The maximum absolute atomic E-state index is 13.1. The number of anilines is 1. The molecule has 0 aliphatic heterocycles. The first-order chi connectivity index (χ1) is 13.8. The fourth-order valence-corrected chi connectivity index (χ4v) is 3.29. The minimum absolute atomic E-state index is 0.101. The van der Waals surface area contributed by atoms with Crippen molar-refractivity contribution < 1.29 is 14.1 Å². The number of nitro benzene ring substituents is 1. The number of halogens is 1. The van der Waals surface area contributed by atoms with Crippen molar-refractivity contribution in [1.82, 2.24) is 4.90 Å². The summed E-state index contributed by atoms with van der Waals surface area (Å²) in [6, 6.07) is 16.4. The topological polar surface area (TPSA) is 88.6 Å². The zero-order valence-corrected chi connectivity index (χ0v) is 16.7. The summed E-state index contributed by atoms with van der Waals surface area (Å²) in [5.74, 6) is 1.23. The molecule has 0 saturated heterocycles. The molecular formula is C21H20ClN3O4. The Bertz CT molecular complexity index is 1020. The Hall–Kier alpha value is -3.16.